The second-order valence-corrected chi connectivity index (χ2v) is 6.84. The Bertz CT molecular complexity index is 231. The maximum atomic E-state index is 3.72. The van der Waals surface area contributed by atoms with Crippen molar-refractivity contribution in [3.63, 3.8) is 0 Å². The number of nitrogens with one attached hydrogen (secondary N) is 1. The highest BCUT2D eigenvalue weighted by Crippen LogP contribution is 2.39. The van der Waals surface area contributed by atoms with Crippen molar-refractivity contribution in [2.24, 2.45) is 11.3 Å². The van der Waals surface area contributed by atoms with Crippen molar-refractivity contribution >= 4 is 0 Å². The van der Waals surface area contributed by atoms with Crippen LogP contribution in [0.5, 0.6) is 0 Å². The lowest BCUT2D eigenvalue weighted by Crippen LogP contribution is -2.47. The summed E-state index contributed by atoms with van der Waals surface area (Å²) in [7, 11) is 0. The Morgan fingerprint density at radius 2 is 1.94 bits per heavy atom. The Morgan fingerprint density at radius 3 is 2.59 bits per heavy atom. The maximum absolute atomic E-state index is 3.72. The van der Waals surface area contributed by atoms with E-state index in [1.165, 1.54) is 51.7 Å². The van der Waals surface area contributed by atoms with E-state index in [4.69, 9.17) is 0 Å². The molecule has 100 valence electrons. The van der Waals surface area contributed by atoms with Gasteiger partial charge in [0.05, 0.1) is 0 Å². The summed E-state index contributed by atoms with van der Waals surface area (Å²) in [5.74, 6) is 0.872. The molecule has 1 saturated carbocycles. The third kappa shape index (κ3) is 3.69. The standard InChI is InChI=1S/C15H30N2/c1-4-16-14-7-8-15(2,3)11-13(14)12-17-9-5-6-10-17/h13-14,16H,4-12H2,1-3H3. The minimum atomic E-state index is 0.566. The molecule has 0 bridgehead atoms. The first kappa shape index (κ1) is 13.4. The number of likely N-dealkylation sites (tertiary alicyclic amines) is 1. The Hall–Kier alpha value is -0.0800. The molecule has 0 aromatic rings. The van der Waals surface area contributed by atoms with Crippen LogP contribution in [0.2, 0.25) is 0 Å². The van der Waals surface area contributed by atoms with Crippen LogP contribution in [0.25, 0.3) is 0 Å². The van der Waals surface area contributed by atoms with E-state index >= 15 is 0 Å². The van der Waals surface area contributed by atoms with Gasteiger partial charge in [-0.2, -0.15) is 0 Å². The van der Waals surface area contributed by atoms with Crippen LogP contribution < -0.4 is 5.32 Å². The van der Waals surface area contributed by atoms with E-state index in [1.54, 1.807) is 0 Å². The van der Waals surface area contributed by atoms with Crippen LogP contribution >= 0.6 is 0 Å². The summed E-state index contributed by atoms with van der Waals surface area (Å²) in [4.78, 5) is 2.69. The molecule has 2 unspecified atom stereocenters. The predicted octanol–water partition coefficient (Wildman–Crippen LogP) is 2.89. The van der Waals surface area contributed by atoms with Crippen molar-refractivity contribution in [3.8, 4) is 0 Å². The van der Waals surface area contributed by atoms with Crippen LogP contribution in [0.1, 0.15) is 52.9 Å². The lowest BCUT2D eigenvalue weighted by atomic mass is 9.69. The zero-order valence-electron chi connectivity index (χ0n) is 12.0. The highest BCUT2D eigenvalue weighted by Gasteiger charge is 2.35. The van der Waals surface area contributed by atoms with E-state index in [9.17, 15) is 0 Å². The van der Waals surface area contributed by atoms with Crippen LogP contribution in [0.3, 0.4) is 0 Å². The number of nitrogens with zero attached hydrogens (tertiary/aromatic N) is 1. The number of hydrogen-bond donors (Lipinski definition) is 1. The quantitative estimate of drug-likeness (QED) is 0.810. The van der Waals surface area contributed by atoms with E-state index in [-0.39, 0.29) is 0 Å². The van der Waals surface area contributed by atoms with Crippen molar-refractivity contribution < 1.29 is 0 Å². The Labute approximate surface area is 107 Å². The molecule has 1 aliphatic carbocycles. The highest BCUT2D eigenvalue weighted by molar-refractivity contribution is 4.90. The summed E-state index contributed by atoms with van der Waals surface area (Å²) >= 11 is 0. The third-order valence-electron chi connectivity index (χ3n) is 4.67. The molecule has 2 fully saturated rings. The molecular weight excluding hydrogens is 208 g/mol. The van der Waals surface area contributed by atoms with Crippen molar-refractivity contribution in [1.29, 1.82) is 0 Å². The van der Waals surface area contributed by atoms with E-state index in [0.29, 0.717) is 5.41 Å². The molecule has 1 aliphatic heterocycles. The summed E-state index contributed by atoms with van der Waals surface area (Å²) in [6.45, 7) is 12.3. The summed E-state index contributed by atoms with van der Waals surface area (Å²) in [6, 6.07) is 0.772. The van der Waals surface area contributed by atoms with Crippen molar-refractivity contribution in [2.45, 2.75) is 58.9 Å². The van der Waals surface area contributed by atoms with Crippen molar-refractivity contribution in [1.82, 2.24) is 10.2 Å². The summed E-state index contributed by atoms with van der Waals surface area (Å²) in [5, 5.41) is 3.72. The van der Waals surface area contributed by atoms with Crippen LogP contribution in [0.15, 0.2) is 0 Å². The minimum Gasteiger partial charge on any atom is -0.314 e. The normalized spacial score (nSPS) is 34.1. The lowest BCUT2D eigenvalue weighted by Gasteiger charge is -2.42. The van der Waals surface area contributed by atoms with E-state index in [0.717, 1.165) is 18.5 Å². The summed E-state index contributed by atoms with van der Waals surface area (Å²) in [5.41, 5.74) is 0.566. The lowest BCUT2D eigenvalue weighted by molar-refractivity contribution is 0.109. The number of rotatable bonds is 4. The van der Waals surface area contributed by atoms with E-state index in [1.807, 2.05) is 0 Å². The number of hydrogen-bond acceptors (Lipinski definition) is 2. The fourth-order valence-corrected chi connectivity index (χ4v) is 3.76. The first-order valence-electron chi connectivity index (χ1n) is 7.56. The van der Waals surface area contributed by atoms with Gasteiger partial charge < -0.3 is 10.2 Å². The second-order valence-electron chi connectivity index (χ2n) is 6.84. The molecule has 17 heavy (non-hydrogen) atoms. The molecule has 0 aromatic heterocycles. The van der Waals surface area contributed by atoms with Gasteiger partial charge in [-0.1, -0.05) is 20.8 Å². The largest absolute Gasteiger partial charge is 0.314 e. The van der Waals surface area contributed by atoms with Crippen LogP contribution in [-0.2, 0) is 0 Å². The van der Waals surface area contributed by atoms with Gasteiger partial charge in [-0.25, -0.2) is 0 Å². The molecule has 0 spiro atoms. The topological polar surface area (TPSA) is 15.3 Å². The first-order valence-corrected chi connectivity index (χ1v) is 7.56. The van der Waals surface area contributed by atoms with Gasteiger partial charge in [-0.05, 0) is 63.1 Å². The summed E-state index contributed by atoms with van der Waals surface area (Å²) in [6.07, 6.45) is 7.01. The zero-order chi connectivity index (χ0) is 12.3. The van der Waals surface area contributed by atoms with E-state index < -0.39 is 0 Å². The average Bonchev–Trinajstić information content (AvgIpc) is 2.74. The van der Waals surface area contributed by atoms with Crippen molar-refractivity contribution in [2.75, 3.05) is 26.2 Å². The molecule has 1 N–H and O–H groups in total. The molecule has 2 heteroatoms. The van der Waals surface area contributed by atoms with Gasteiger partial charge in [0, 0.05) is 12.6 Å². The average molecular weight is 238 g/mol. The molecule has 1 heterocycles. The molecule has 2 aliphatic rings. The molecule has 0 radical (unpaired) electrons. The first-order chi connectivity index (χ1) is 8.11. The van der Waals surface area contributed by atoms with Gasteiger partial charge in [0.15, 0.2) is 0 Å². The molecule has 0 aromatic carbocycles. The van der Waals surface area contributed by atoms with Crippen LogP contribution in [0, 0.1) is 11.3 Å². The van der Waals surface area contributed by atoms with Gasteiger partial charge in [0.2, 0.25) is 0 Å². The van der Waals surface area contributed by atoms with Crippen molar-refractivity contribution in [3.05, 3.63) is 0 Å². The predicted molar refractivity (Wildman–Crippen MR) is 74.3 cm³/mol. The molecule has 1 saturated heterocycles. The second kappa shape index (κ2) is 5.71. The zero-order valence-corrected chi connectivity index (χ0v) is 12.0. The van der Waals surface area contributed by atoms with Crippen LogP contribution in [0.4, 0.5) is 0 Å². The molecule has 0 amide bonds. The van der Waals surface area contributed by atoms with E-state index in [2.05, 4.69) is 31.0 Å². The Balaban J connectivity index is 1.92. The van der Waals surface area contributed by atoms with Gasteiger partial charge in [-0.3, -0.25) is 0 Å². The van der Waals surface area contributed by atoms with Gasteiger partial charge in [0.25, 0.3) is 0 Å². The SMILES string of the molecule is CCNC1CCC(C)(C)CC1CN1CCCC1. The van der Waals surface area contributed by atoms with Gasteiger partial charge >= 0.3 is 0 Å². The molecule has 2 atom stereocenters. The minimum absolute atomic E-state index is 0.566. The monoisotopic (exact) mass is 238 g/mol. The molecule has 2 rings (SSSR count). The van der Waals surface area contributed by atoms with Gasteiger partial charge in [-0.15, -0.1) is 0 Å². The fraction of sp³-hybridized carbons (Fsp3) is 1.00. The smallest absolute Gasteiger partial charge is 0.0108 e. The Kier molecular flexibility index (Phi) is 4.48. The van der Waals surface area contributed by atoms with Gasteiger partial charge in [0.1, 0.15) is 0 Å². The maximum Gasteiger partial charge on any atom is 0.0108 e. The molecular formula is C15H30N2. The summed E-state index contributed by atoms with van der Waals surface area (Å²) < 4.78 is 0. The molecule has 2 nitrogen and oxygen atoms in total. The fourth-order valence-electron chi connectivity index (χ4n) is 3.76. The third-order valence-corrected chi connectivity index (χ3v) is 4.67. The van der Waals surface area contributed by atoms with Crippen LogP contribution in [-0.4, -0.2) is 37.1 Å². The Morgan fingerprint density at radius 1 is 1.24 bits per heavy atom. The highest BCUT2D eigenvalue weighted by atomic mass is 15.1.